The van der Waals surface area contributed by atoms with Crippen LogP contribution in [0, 0.1) is 13.8 Å². The molecule has 0 spiro atoms. The summed E-state index contributed by atoms with van der Waals surface area (Å²) in [6.07, 6.45) is 0.112. The van der Waals surface area contributed by atoms with Crippen molar-refractivity contribution in [2.45, 2.75) is 26.8 Å². The fourth-order valence-electron chi connectivity index (χ4n) is 2.16. The Bertz CT molecular complexity index is 781. The lowest BCUT2D eigenvalue weighted by atomic mass is 10.3. The van der Waals surface area contributed by atoms with Crippen LogP contribution in [-0.2, 0) is 25.6 Å². The minimum atomic E-state index is -0.535. The van der Waals surface area contributed by atoms with Crippen molar-refractivity contribution < 1.29 is 23.9 Å². The number of methoxy groups -OCH3 is 1. The summed E-state index contributed by atoms with van der Waals surface area (Å²) in [6, 6.07) is 3.50. The molecule has 0 radical (unpaired) electrons. The second-order valence-corrected chi connectivity index (χ2v) is 6.18. The van der Waals surface area contributed by atoms with Crippen LogP contribution in [0.15, 0.2) is 17.5 Å². The highest BCUT2D eigenvalue weighted by Gasteiger charge is 2.16. The molecule has 0 aliphatic carbocycles. The first-order chi connectivity index (χ1) is 11.9. The van der Waals surface area contributed by atoms with E-state index in [1.165, 1.54) is 7.11 Å². The molecule has 0 aromatic carbocycles. The SMILES string of the molecule is COC(=O)c1sccc1NC(=O)COC(=O)CCn1nc(C)cc1C. The van der Waals surface area contributed by atoms with E-state index in [0.29, 0.717) is 12.2 Å². The minimum absolute atomic E-state index is 0.112. The Morgan fingerprint density at radius 1 is 1.32 bits per heavy atom. The van der Waals surface area contributed by atoms with Crippen molar-refractivity contribution in [2.75, 3.05) is 19.0 Å². The first-order valence-electron chi connectivity index (χ1n) is 7.53. The maximum Gasteiger partial charge on any atom is 0.350 e. The Balaban J connectivity index is 1.78. The van der Waals surface area contributed by atoms with E-state index in [1.807, 2.05) is 19.9 Å². The third kappa shape index (κ3) is 5.15. The molecule has 2 heterocycles. The number of hydrogen-bond acceptors (Lipinski definition) is 7. The molecule has 0 saturated carbocycles. The molecule has 134 valence electrons. The van der Waals surface area contributed by atoms with Crippen molar-refractivity contribution in [1.82, 2.24) is 9.78 Å². The Kier molecular flexibility index (Phi) is 6.29. The van der Waals surface area contributed by atoms with Crippen LogP contribution in [0.25, 0.3) is 0 Å². The molecule has 0 aliphatic heterocycles. The van der Waals surface area contributed by atoms with Crippen LogP contribution in [0.5, 0.6) is 0 Å². The van der Waals surface area contributed by atoms with Gasteiger partial charge < -0.3 is 14.8 Å². The molecule has 2 aromatic rings. The van der Waals surface area contributed by atoms with Crippen molar-refractivity contribution in [1.29, 1.82) is 0 Å². The first kappa shape index (κ1) is 18.7. The number of aromatic nitrogens is 2. The van der Waals surface area contributed by atoms with Crippen molar-refractivity contribution in [3.8, 4) is 0 Å². The number of anilines is 1. The van der Waals surface area contributed by atoms with E-state index in [9.17, 15) is 14.4 Å². The zero-order chi connectivity index (χ0) is 18.4. The van der Waals surface area contributed by atoms with Crippen LogP contribution < -0.4 is 5.32 Å². The summed E-state index contributed by atoms with van der Waals surface area (Å²) in [6.45, 7) is 3.74. The number of rotatable bonds is 7. The lowest BCUT2D eigenvalue weighted by Crippen LogP contribution is -2.22. The highest BCUT2D eigenvalue weighted by atomic mass is 32.1. The van der Waals surface area contributed by atoms with Crippen LogP contribution in [-0.4, -0.2) is 41.3 Å². The number of thiophene rings is 1. The average molecular weight is 365 g/mol. The summed E-state index contributed by atoms with van der Waals surface area (Å²) in [7, 11) is 1.26. The molecule has 2 rings (SSSR count). The molecule has 25 heavy (non-hydrogen) atoms. The van der Waals surface area contributed by atoms with Crippen LogP contribution >= 0.6 is 11.3 Å². The predicted octanol–water partition coefficient (Wildman–Crippen LogP) is 1.92. The number of nitrogens with one attached hydrogen (secondary N) is 1. The number of esters is 2. The van der Waals surface area contributed by atoms with Crippen LogP contribution in [0.3, 0.4) is 0 Å². The molecule has 1 amide bonds. The molecule has 0 bridgehead atoms. The lowest BCUT2D eigenvalue weighted by Gasteiger charge is -2.07. The molecular weight excluding hydrogens is 346 g/mol. The van der Waals surface area contributed by atoms with Crippen molar-refractivity contribution in [2.24, 2.45) is 0 Å². The second kappa shape index (κ2) is 8.43. The molecule has 0 fully saturated rings. The standard InChI is InChI=1S/C16H19N3O5S/c1-10-8-11(2)19(18-10)6-4-14(21)24-9-13(20)17-12-5-7-25-15(12)16(22)23-3/h5,7-8H,4,6,9H2,1-3H3,(H,17,20). The Morgan fingerprint density at radius 2 is 2.08 bits per heavy atom. The van der Waals surface area contributed by atoms with E-state index in [0.717, 1.165) is 22.7 Å². The largest absolute Gasteiger partial charge is 0.465 e. The number of amides is 1. The zero-order valence-corrected chi connectivity index (χ0v) is 15.0. The number of aryl methyl sites for hydroxylation is 3. The van der Waals surface area contributed by atoms with Gasteiger partial charge in [-0.2, -0.15) is 5.10 Å². The summed E-state index contributed by atoms with van der Waals surface area (Å²) in [5.41, 5.74) is 2.17. The molecule has 2 aromatic heterocycles. The molecule has 0 unspecified atom stereocenters. The second-order valence-electron chi connectivity index (χ2n) is 5.26. The van der Waals surface area contributed by atoms with Crippen molar-refractivity contribution in [3.63, 3.8) is 0 Å². The van der Waals surface area contributed by atoms with Gasteiger partial charge in [0.1, 0.15) is 4.88 Å². The topological polar surface area (TPSA) is 99.5 Å². The number of ether oxygens (including phenoxy) is 2. The summed E-state index contributed by atoms with van der Waals surface area (Å²) in [5.74, 6) is -1.56. The summed E-state index contributed by atoms with van der Waals surface area (Å²) in [5, 5.41) is 8.43. The van der Waals surface area contributed by atoms with Gasteiger partial charge in [-0.3, -0.25) is 14.3 Å². The van der Waals surface area contributed by atoms with Crippen LogP contribution in [0.4, 0.5) is 5.69 Å². The third-order valence-electron chi connectivity index (χ3n) is 3.31. The Labute approximate surface area is 148 Å². The first-order valence-corrected chi connectivity index (χ1v) is 8.41. The van der Waals surface area contributed by atoms with Gasteiger partial charge in [-0.15, -0.1) is 11.3 Å². The van der Waals surface area contributed by atoms with Gasteiger partial charge in [0.2, 0.25) is 0 Å². The maximum absolute atomic E-state index is 11.9. The minimum Gasteiger partial charge on any atom is -0.465 e. The normalized spacial score (nSPS) is 10.4. The molecule has 9 heteroatoms. The van der Waals surface area contributed by atoms with Gasteiger partial charge in [0.15, 0.2) is 6.61 Å². The van der Waals surface area contributed by atoms with Gasteiger partial charge in [-0.25, -0.2) is 4.79 Å². The van der Waals surface area contributed by atoms with Gasteiger partial charge in [-0.05, 0) is 31.4 Å². The van der Waals surface area contributed by atoms with E-state index < -0.39 is 24.5 Å². The number of carbonyl (C=O) groups excluding carboxylic acids is 3. The van der Waals surface area contributed by atoms with Crippen molar-refractivity contribution in [3.05, 3.63) is 33.8 Å². The van der Waals surface area contributed by atoms with Gasteiger partial charge >= 0.3 is 11.9 Å². The quantitative estimate of drug-likeness (QED) is 0.753. The summed E-state index contributed by atoms with van der Waals surface area (Å²) in [4.78, 5) is 35.4. The monoisotopic (exact) mass is 365 g/mol. The van der Waals surface area contributed by atoms with E-state index in [2.05, 4.69) is 15.2 Å². The predicted molar refractivity (Wildman–Crippen MR) is 91.6 cm³/mol. The Hall–Kier alpha value is -2.68. The van der Waals surface area contributed by atoms with E-state index in [4.69, 9.17) is 4.74 Å². The molecular formula is C16H19N3O5S. The van der Waals surface area contributed by atoms with Crippen molar-refractivity contribution >= 4 is 34.9 Å². The van der Waals surface area contributed by atoms with E-state index in [1.54, 1.807) is 16.1 Å². The van der Waals surface area contributed by atoms with Gasteiger partial charge in [0, 0.05) is 5.69 Å². The summed E-state index contributed by atoms with van der Waals surface area (Å²) >= 11 is 1.15. The fraction of sp³-hybridized carbons (Fsp3) is 0.375. The average Bonchev–Trinajstić information content (AvgIpc) is 3.16. The van der Waals surface area contributed by atoms with Crippen LogP contribution in [0.2, 0.25) is 0 Å². The number of nitrogens with zero attached hydrogens (tertiary/aromatic N) is 2. The molecule has 0 saturated heterocycles. The lowest BCUT2D eigenvalue weighted by molar-refractivity contribution is -0.147. The third-order valence-corrected chi connectivity index (χ3v) is 4.20. The van der Waals surface area contributed by atoms with E-state index >= 15 is 0 Å². The smallest absolute Gasteiger partial charge is 0.350 e. The fourth-order valence-corrected chi connectivity index (χ4v) is 2.93. The number of carbonyl (C=O) groups is 3. The van der Waals surface area contributed by atoms with Crippen LogP contribution in [0.1, 0.15) is 27.5 Å². The van der Waals surface area contributed by atoms with E-state index in [-0.39, 0.29) is 11.3 Å². The molecule has 1 N–H and O–H groups in total. The zero-order valence-electron chi connectivity index (χ0n) is 14.2. The highest BCUT2D eigenvalue weighted by molar-refractivity contribution is 7.12. The Morgan fingerprint density at radius 3 is 2.72 bits per heavy atom. The molecule has 0 aliphatic rings. The molecule has 8 nitrogen and oxygen atoms in total. The van der Waals surface area contributed by atoms with Gasteiger partial charge in [0.05, 0.1) is 31.5 Å². The molecule has 0 atom stereocenters. The number of hydrogen-bond donors (Lipinski definition) is 1. The maximum atomic E-state index is 11.9. The highest BCUT2D eigenvalue weighted by Crippen LogP contribution is 2.22. The van der Waals surface area contributed by atoms with Gasteiger partial charge in [-0.1, -0.05) is 0 Å². The summed E-state index contributed by atoms with van der Waals surface area (Å²) < 4.78 is 11.3. The van der Waals surface area contributed by atoms with Gasteiger partial charge in [0.25, 0.3) is 5.91 Å².